The monoisotopic (exact) mass is 336 g/mol. The van der Waals surface area contributed by atoms with Crippen molar-refractivity contribution in [1.29, 1.82) is 0 Å². The molecule has 2 rings (SSSR count). The molecule has 0 atom stereocenters. The molecule has 0 aliphatic rings. The first-order chi connectivity index (χ1) is 10.8. The second-order valence-electron chi connectivity index (χ2n) is 5.06. The molecule has 7 heteroatoms. The SMILES string of the molecule is CS(=O)(=O)Nc1ccccc1C(=O)NCCc1cccc(F)c1. The molecule has 0 radical (unpaired) electrons. The van der Waals surface area contributed by atoms with E-state index < -0.39 is 15.9 Å². The molecule has 0 aliphatic carbocycles. The van der Waals surface area contributed by atoms with Gasteiger partial charge in [0.05, 0.1) is 17.5 Å². The summed E-state index contributed by atoms with van der Waals surface area (Å²) in [6.45, 7) is 0.315. The van der Waals surface area contributed by atoms with Gasteiger partial charge in [0.15, 0.2) is 0 Å². The average Bonchev–Trinajstić information content (AvgIpc) is 2.46. The second-order valence-corrected chi connectivity index (χ2v) is 6.80. The van der Waals surface area contributed by atoms with Crippen molar-refractivity contribution in [2.24, 2.45) is 0 Å². The van der Waals surface area contributed by atoms with Gasteiger partial charge in [-0.25, -0.2) is 12.8 Å². The molecule has 23 heavy (non-hydrogen) atoms. The summed E-state index contributed by atoms with van der Waals surface area (Å²) in [5.74, 6) is -0.718. The summed E-state index contributed by atoms with van der Waals surface area (Å²) >= 11 is 0. The predicted octanol–water partition coefficient (Wildman–Crippen LogP) is 2.17. The van der Waals surface area contributed by atoms with E-state index in [1.54, 1.807) is 24.3 Å². The summed E-state index contributed by atoms with van der Waals surface area (Å²) in [7, 11) is -3.47. The Balaban J connectivity index is 2.01. The lowest BCUT2D eigenvalue weighted by Gasteiger charge is -2.11. The second kappa shape index (κ2) is 7.23. The molecule has 0 saturated heterocycles. The predicted molar refractivity (Wildman–Crippen MR) is 87.3 cm³/mol. The van der Waals surface area contributed by atoms with Crippen LogP contribution in [0.1, 0.15) is 15.9 Å². The Morgan fingerprint density at radius 2 is 1.87 bits per heavy atom. The molecule has 0 saturated carbocycles. The first-order valence-corrected chi connectivity index (χ1v) is 8.84. The third-order valence-electron chi connectivity index (χ3n) is 3.06. The molecule has 2 aromatic carbocycles. The highest BCUT2D eigenvalue weighted by Gasteiger charge is 2.13. The number of benzene rings is 2. The van der Waals surface area contributed by atoms with Gasteiger partial charge >= 0.3 is 0 Å². The summed E-state index contributed by atoms with van der Waals surface area (Å²) in [5, 5.41) is 2.70. The van der Waals surface area contributed by atoms with Gasteiger partial charge in [0.2, 0.25) is 10.0 Å². The van der Waals surface area contributed by atoms with E-state index in [0.29, 0.717) is 13.0 Å². The number of hydrogen-bond donors (Lipinski definition) is 2. The molecule has 1 amide bonds. The fraction of sp³-hybridized carbons (Fsp3) is 0.188. The zero-order valence-electron chi connectivity index (χ0n) is 12.5. The van der Waals surface area contributed by atoms with Gasteiger partial charge in [0.25, 0.3) is 5.91 Å². The van der Waals surface area contributed by atoms with E-state index >= 15 is 0 Å². The van der Waals surface area contributed by atoms with Gasteiger partial charge in [-0.1, -0.05) is 24.3 Å². The number of hydrogen-bond acceptors (Lipinski definition) is 3. The van der Waals surface area contributed by atoms with Crippen LogP contribution in [-0.4, -0.2) is 27.1 Å². The van der Waals surface area contributed by atoms with E-state index in [-0.39, 0.29) is 17.1 Å². The minimum atomic E-state index is -3.47. The first kappa shape index (κ1) is 17.0. The number of anilines is 1. The highest BCUT2D eigenvalue weighted by molar-refractivity contribution is 7.92. The number of amides is 1. The smallest absolute Gasteiger partial charge is 0.253 e. The van der Waals surface area contributed by atoms with Gasteiger partial charge in [-0.2, -0.15) is 0 Å². The summed E-state index contributed by atoms with van der Waals surface area (Å²) in [6, 6.07) is 12.5. The van der Waals surface area contributed by atoms with Crippen LogP contribution in [0, 0.1) is 5.82 Å². The zero-order valence-corrected chi connectivity index (χ0v) is 13.4. The summed E-state index contributed by atoms with van der Waals surface area (Å²) in [4.78, 5) is 12.2. The summed E-state index contributed by atoms with van der Waals surface area (Å²) in [5.41, 5.74) is 1.23. The number of rotatable bonds is 6. The largest absolute Gasteiger partial charge is 0.352 e. The van der Waals surface area contributed by atoms with Crippen LogP contribution in [0.3, 0.4) is 0 Å². The van der Waals surface area contributed by atoms with Crippen LogP contribution < -0.4 is 10.0 Å². The van der Waals surface area contributed by atoms with Crippen molar-refractivity contribution in [3.05, 3.63) is 65.5 Å². The van der Waals surface area contributed by atoms with Crippen molar-refractivity contribution in [2.45, 2.75) is 6.42 Å². The molecular weight excluding hydrogens is 319 g/mol. The topological polar surface area (TPSA) is 75.3 Å². The third-order valence-corrected chi connectivity index (χ3v) is 3.65. The fourth-order valence-electron chi connectivity index (χ4n) is 2.08. The maximum atomic E-state index is 13.1. The van der Waals surface area contributed by atoms with Crippen molar-refractivity contribution >= 4 is 21.6 Å². The summed E-state index contributed by atoms with van der Waals surface area (Å²) < 4.78 is 38.0. The molecule has 0 unspecified atom stereocenters. The van der Waals surface area contributed by atoms with Crippen molar-refractivity contribution in [2.75, 3.05) is 17.5 Å². The number of carbonyl (C=O) groups excluding carboxylic acids is 1. The van der Waals surface area contributed by atoms with Gasteiger partial charge in [-0.3, -0.25) is 9.52 Å². The van der Waals surface area contributed by atoms with E-state index in [0.717, 1.165) is 11.8 Å². The zero-order chi connectivity index (χ0) is 16.9. The van der Waals surface area contributed by atoms with Gasteiger partial charge in [-0.15, -0.1) is 0 Å². The van der Waals surface area contributed by atoms with E-state index in [2.05, 4.69) is 10.0 Å². The van der Waals surface area contributed by atoms with Crippen LogP contribution in [-0.2, 0) is 16.4 Å². The van der Waals surface area contributed by atoms with E-state index in [1.165, 1.54) is 24.3 Å². The number of carbonyl (C=O) groups is 1. The number of para-hydroxylation sites is 1. The minimum absolute atomic E-state index is 0.221. The van der Waals surface area contributed by atoms with Crippen LogP contribution in [0.15, 0.2) is 48.5 Å². The highest BCUT2D eigenvalue weighted by Crippen LogP contribution is 2.16. The molecule has 0 bridgehead atoms. The quantitative estimate of drug-likeness (QED) is 0.849. The van der Waals surface area contributed by atoms with Crippen LogP contribution in [0.4, 0.5) is 10.1 Å². The Kier molecular flexibility index (Phi) is 5.33. The third kappa shape index (κ3) is 5.37. The Hall–Kier alpha value is -2.41. The Bertz CT molecular complexity index is 806. The molecule has 5 nitrogen and oxygen atoms in total. The maximum absolute atomic E-state index is 13.1. The molecule has 0 fully saturated rings. The van der Waals surface area contributed by atoms with Crippen LogP contribution in [0.2, 0.25) is 0 Å². The summed E-state index contributed by atoms with van der Waals surface area (Å²) in [6.07, 6.45) is 1.50. The lowest BCUT2D eigenvalue weighted by molar-refractivity contribution is 0.0955. The number of nitrogens with one attached hydrogen (secondary N) is 2. The Morgan fingerprint density at radius 3 is 2.57 bits per heavy atom. The van der Waals surface area contributed by atoms with Gasteiger partial charge in [0, 0.05) is 6.54 Å². The maximum Gasteiger partial charge on any atom is 0.253 e. The molecule has 0 aliphatic heterocycles. The first-order valence-electron chi connectivity index (χ1n) is 6.94. The van der Waals surface area contributed by atoms with E-state index in [9.17, 15) is 17.6 Å². The molecule has 122 valence electrons. The lowest BCUT2D eigenvalue weighted by atomic mass is 10.1. The number of halogens is 1. The Labute approximate surface area is 134 Å². The Morgan fingerprint density at radius 1 is 1.13 bits per heavy atom. The standard InChI is InChI=1S/C16H17FN2O3S/c1-23(21,22)19-15-8-3-2-7-14(15)16(20)18-10-9-12-5-4-6-13(17)11-12/h2-8,11,19H,9-10H2,1H3,(H,18,20). The molecule has 0 heterocycles. The van der Waals surface area contributed by atoms with Gasteiger partial charge in [-0.05, 0) is 36.2 Å². The van der Waals surface area contributed by atoms with Crippen molar-refractivity contribution < 1.29 is 17.6 Å². The average molecular weight is 336 g/mol. The van der Waals surface area contributed by atoms with Crippen LogP contribution in [0.5, 0.6) is 0 Å². The highest BCUT2D eigenvalue weighted by atomic mass is 32.2. The van der Waals surface area contributed by atoms with E-state index in [1.807, 2.05) is 0 Å². The molecule has 2 N–H and O–H groups in total. The molecule has 2 aromatic rings. The van der Waals surface area contributed by atoms with E-state index in [4.69, 9.17) is 0 Å². The van der Waals surface area contributed by atoms with Gasteiger partial charge < -0.3 is 5.32 Å². The normalized spacial score (nSPS) is 11.0. The lowest BCUT2D eigenvalue weighted by Crippen LogP contribution is -2.27. The van der Waals surface area contributed by atoms with Crippen molar-refractivity contribution in [1.82, 2.24) is 5.32 Å². The molecular formula is C16H17FN2O3S. The van der Waals surface area contributed by atoms with Crippen molar-refractivity contribution in [3.63, 3.8) is 0 Å². The minimum Gasteiger partial charge on any atom is -0.352 e. The van der Waals surface area contributed by atoms with Gasteiger partial charge in [0.1, 0.15) is 5.82 Å². The number of sulfonamides is 1. The molecule has 0 spiro atoms. The van der Waals surface area contributed by atoms with Crippen LogP contribution >= 0.6 is 0 Å². The van der Waals surface area contributed by atoms with Crippen LogP contribution in [0.25, 0.3) is 0 Å². The molecule has 0 aromatic heterocycles. The fourth-order valence-corrected chi connectivity index (χ4v) is 2.66. The van der Waals surface area contributed by atoms with Crippen molar-refractivity contribution in [3.8, 4) is 0 Å².